The normalized spacial score (nSPS) is 15.3. The van der Waals surface area contributed by atoms with Gasteiger partial charge in [0, 0.05) is 0 Å². The second kappa shape index (κ2) is 3.85. The van der Waals surface area contributed by atoms with E-state index in [4.69, 9.17) is 0 Å². The summed E-state index contributed by atoms with van der Waals surface area (Å²) in [6.45, 7) is 3.65. The average molecular weight is 102 g/mol. The number of hydrogen-bond acceptors (Lipinski definition) is 0. The predicted molar refractivity (Wildman–Crippen MR) is 30.0 cm³/mol. The lowest BCUT2D eigenvalue weighted by atomic mass is 10.3. The molecule has 0 aromatic heterocycles. The van der Waals surface area contributed by atoms with Crippen molar-refractivity contribution in [3.8, 4) is 0 Å². The van der Waals surface area contributed by atoms with Crippen molar-refractivity contribution in [1.82, 2.24) is 0 Å². The van der Waals surface area contributed by atoms with Gasteiger partial charge >= 0.3 is 0 Å². The molecule has 0 saturated carbocycles. The molecule has 1 unspecified atom stereocenters. The molecule has 0 radical (unpaired) electrons. The number of allylic oxidation sites excluding steroid dienone is 2. The fourth-order valence-corrected chi connectivity index (χ4v) is 0.345. The summed E-state index contributed by atoms with van der Waals surface area (Å²) in [5.41, 5.74) is 0. The summed E-state index contributed by atoms with van der Waals surface area (Å²) in [4.78, 5) is 0. The zero-order chi connectivity index (χ0) is 5.70. The fourth-order valence-electron chi connectivity index (χ4n) is 0.345. The summed E-state index contributed by atoms with van der Waals surface area (Å²) in [6.07, 6.45) is 3.14. The van der Waals surface area contributed by atoms with Crippen molar-refractivity contribution in [3.63, 3.8) is 0 Å². The quantitative estimate of drug-likeness (QED) is 0.469. The number of alkyl halides is 1. The Morgan fingerprint density at radius 3 is 2.43 bits per heavy atom. The molecule has 0 aliphatic heterocycles. The van der Waals surface area contributed by atoms with Gasteiger partial charge in [0.1, 0.15) is 6.17 Å². The van der Waals surface area contributed by atoms with Crippen LogP contribution in [0.15, 0.2) is 12.2 Å². The van der Waals surface area contributed by atoms with Crippen LogP contribution in [0.25, 0.3) is 0 Å². The van der Waals surface area contributed by atoms with Crippen LogP contribution in [0.3, 0.4) is 0 Å². The van der Waals surface area contributed by atoms with E-state index in [1.54, 1.807) is 12.2 Å². The molecule has 7 heavy (non-hydrogen) atoms. The molecule has 0 fully saturated rings. The van der Waals surface area contributed by atoms with E-state index in [9.17, 15) is 4.39 Å². The maximum Gasteiger partial charge on any atom is 0.118 e. The van der Waals surface area contributed by atoms with Gasteiger partial charge in [-0.15, -0.1) is 0 Å². The number of hydrogen-bond donors (Lipinski definition) is 0. The highest BCUT2D eigenvalue weighted by molar-refractivity contribution is 4.84. The van der Waals surface area contributed by atoms with E-state index < -0.39 is 6.17 Å². The third-order valence-electron chi connectivity index (χ3n) is 0.791. The van der Waals surface area contributed by atoms with Crippen molar-refractivity contribution in [3.05, 3.63) is 12.2 Å². The molecular weight excluding hydrogens is 91.1 g/mol. The Labute approximate surface area is 44.0 Å². The van der Waals surface area contributed by atoms with Crippen molar-refractivity contribution in [2.75, 3.05) is 0 Å². The highest BCUT2D eigenvalue weighted by atomic mass is 19.1. The van der Waals surface area contributed by atoms with Crippen LogP contribution in [-0.4, -0.2) is 6.17 Å². The summed E-state index contributed by atoms with van der Waals surface area (Å²) < 4.78 is 12.0. The van der Waals surface area contributed by atoms with Gasteiger partial charge < -0.3 is 0 Å². The van der Waals surface area contributed by atoms with Crippen LogP contribution >= 0.6 is 0 Å². The summed E-state index contributed by atoms with van der Waals surface area (Å²) in [6, 6.07) is 0. The number of halogens is 1. The lowest BCUT2D eigenvalue weighted by molar-refractivity contribution is 0.390. The summed E-state index contributed by atoms with van der Waals surface area (Å²) in [5.74, 6) is 0. The van der Waals surface area contributed by atoms with Crippen molar-refractivity contribution >= 4 is 0 Å². The first kappa shape index (κ1) is 6.67. The van der Waals surface area contributed by atoms with Crippen molar-refractivity contribution in [2.45, 2.75) is 26.4 Å². The van der Waals surface area contributed by atoms with Gasteiger partial charge in [-0.1, -0.05) is 19.1 Å². The van der Waals surface area contributed by atoms with Crippen molar-refractivity contribution in [2.24, 2.45) is 0 Å². The van der Waals surface area contributed by atoms with Crippen LogP contribution in [0, 0.1) is 0 Å². The van der Waals surface area contributed by atoms with Crippen LogP contribution in [0.4, 0.5) is 4.39 Å². The molecule has 0 aromatic rings. The van der Waals surface area contributed by atoms with Crippen LogP contribution in [0.5, 0.6) is 0 Å². The Morgan fingerprint density at radius 1 is 1.71 bits per heavy atom. The van der Waals surface area contributed by atoms with Gasteiger partial charge in [-0.3, -0.25) is 0 Å². The zero-order valence-electron chi connectivity index (χ0n) is 4.82. The second-order valence-electron chi connectivity index (χ2n) is 1.45. The minimum atomic E-state index is -0.731. The van der Waals surface area contributed by atoms with Gasteiger partial charge in [0.25, 0.3) is 0 Å². The van der Waals surface area contributed by atoms with E-state index in [2.05, 4.69) is 0 Å². The molecule has 0 bridgehead atoms. The maximum absolute atomic E-state index is 12.0. The van der Waals surface area contributed by atoms with Crippen molar-refractivity contribution < 1.29 is 4.39 Å². The van der Waals surface area contributed by atoms with E-state index >= 15 is 0 Å². The molecule has 0 rings (SSSR count). The van der Waals surface area contributed by atoms with Crippen molar-refractivity contribution in [1.29, 1.82) is 0 Å². The largest absolute Gasteiger partial charge is 0.243 e. The molecule has 0 aromatic carbocycles. The standard InChI is InChI=1S/C6H11F/c1-3-5-6(7)4-2/h3,5-6H,4H2,1-2H3. The first-order valence-corrected chi connectivity index (χ1v) is 2.58. The molecule has 0 heterocycles. The highest BCUT2D eigenvalue weighted by Crippen LogP contribution is 1.96. The SMILES string of the molecule is CC=CC(F)CC. The van der Waals surface area contributed by atoms with E-state index in [0.29, 0.717) is 6.42 Å². The molecule has 42 valence electrons. The minimum Gasteiger partial charge on any atom is -0.243 e. The first-order valence-electron chi connectivity index (χ1n) is 2.58. The molecule has 1 atom stereocenters. The Kier molecular flexibility index (Phi) is 3.67. The summed E-state index contributed by atoms with van der Waals surface area (Å²) in [5, 5.41) is 0. The summed E-state index contributed by atoms with van der Waals surface area (Å²) in [7, 11) is 0. The molecule has 0 nitrogen and oxygen atoms in total. The van der Waals surface area contributed by atoms with E-state index in [1.807, 2.05) is 13.8 Å². The monoisotopic (exact) mass is 102 g/mol. The second-order valence-corrected chi connectivity index (χ2v) is 1.45. The van der Waals surface area contributed by atoms with Crippen LogP contribution in [-0.2, 0) is 0 Å². The molecule has 1 heteroatoms. The predicted octanol–water partition coefficient (Wildman–Crippen LogP) is 2.31. The van der Waals surface area contributed by atoms with E-state index in [1.165, 1.54) is 0 Å². The van der Waals surface area contributed by atoms with E-state index in [-0.39, 0.29) is 0 Å². The van der Waals surface area contributed by atoms with Gasteiger partial charge in [-0.2, -0.15) is 0 Å². The fraction of sp³-hybridized carbons (Fsp3) is 0.667. The Hall–Kier alpha value is -0.330. The van der Waals surface area contributed by atoms with Gasteiger partial charge in [0.05, 0.1) is 0 Å². The minimum absolute atomic E-state index is 0.588. The van der Waals surface area contributed by atoms with Crippen LogP contribution in [0.2, 0.25) is 0 Å². The Morgan fingerprint density at radius 2 is 2.29 bits per heavy atom. The summed E-state index contributed by atoms with van der Waals surface area (Å²) >= 11 is 0. The third-order valence-corrected chi connectivity index (χ3v) is 0.791. The third kappa shape index (κ3) is 3.50. The number of rotatable bonds is 2. The Balaban J connectivity index is 3.16. The molecular formula is C6H11F. The van der Waals surface area contributed by atoms with Crippen LogP contribution in [0.1, 0.15) is 20.3 Å². The highest BCUT2D eigenvalue weighted by Gasteiger charge is 1.91. The molecule has 0 amide bonds. The molecule has 0 N–H and O–H groups in total. The van der Waals surface area contributed by atoms with Crippen LogP contribution < -0.4 is 0 Å². The smallest absolute Gasteiger partial charge is 0.118 e. The topological polar surface area (TPSA) is 0 Å². The molecule has 0 aliphatic carbocycles. The zero-order valence-corrected chi connectivity index (χ0v) is 4.82. The van der Waals surface area contributed by atoms with E-state index in [0.717, 1.165) is 0 Å². The first-order chi connectivity index (χ1) is 3.31. The van der Waals surface area contributed by atoms with Gasteiger partial charge in [-0.25, -0.2) is 4.39 Å². The lowest BCUT2D eigenvalue weighted by Crippen LogP contribution is -1.88. The molecule has 0 spiro atoms. The average Bonchev–Trinajstić information content (AvgIpc) is 1.68. The maximum atomic E-state index is 12.0. The lowest BCUT2D eigenvalue weighted by Gasteiger charge is -1.91. The molecule has 0 saturated heterocycles. The Bertz CT molecular complexity index is 57.2. The van der Waals surface area contributed by atoms with Gasteiger partial charge in [0.15, 0.2) is 0 Å². The van der Waals surface area contributed by atoms with Gasteiger partial charge in [0.2, 0.25) is 0 Å². The molecule has 0 aliphatic rings. The van der Waals surface area contributed by atoms with Gasteiger partial charge in [-0.05, 0) is 13.3 Å².